The van der Waals surface area contributed by atoms with Gasteiger partial charge in [-0.2, -0.15) is 5.10 Å². The lowest BCUT2D eigenvalue weighted by Crippen LogP contribution is -2.53. The number of hydrogen-bond acceptors (Lipinski definition) is 4. The van der Waals surface area contributed by atoms with Gasteiger partial charge in [0.15, 0.2) is 0 Å². The SMILES string of the molecule is CN1CCN(C(=O)c2cnn(Cc3ccccc3)c2)C[C@@H]1CCO. The van der Waals surface area contributed by atoms with Crippen LogP contribution in [0.25, 0.3) is 0 Å². The van der Waals surface area contributed by atoms with E-state index in [-0.39, 0.29) is 18.6 Å². The molecule has 6 nitrogen and oxygen atoms in total. The van der Waals surface area contributed by atoms with Gasteiger partial charge in [0.05, 0.1) is 18.3 Å². The number of rotatable bonds is 5. The van der Waals surface area contributed by atoms with Crippen LogP contribution in [0.15, 0.2) is 42.7 Å². The molecule has 2 heterocycles. The first-order valence-corrected chi connectivity index (χ1v) is 8.34. The van der Waals surface area contributed by atoms with Crippen LogP contribution in [0.5, 0.6) is 0 Å². The Morgan fingerprint density at radius 2 is 2.08 bits per heavy atom. The van der Waals surface area contributed by atoms with Crippen molar-refractivity contribution < 1.29 is 9.90 Å². The molecule has 1 fully saturated rings. The highest BCUT2D eigenvalue weighted by Gasteiger charge is 2.28. The number of piperazine rings is 1. The summed E-state index contributed by atoms with van der Waals surface area (Å²) in [6.07, 6.45) is 4.15. The first-order valence-electron chi connectivity index (χ1n) is 8.34. The van der Waals surface area contributed by atoms with Crippen LogP contribution in [0.2, 0.25) is 0 Å². The molecule has 128 valence electrons. The van der Waals surface area contributed by atoms with Gasteiger partial charge in [-0.15, -0.1) is 0 Å². The highest BCUT2D eigenvalue weighted by atomic mass is 16.3. The number of nitrogens with zero attached hydrogens (tertiary/aromatic N) is 4. The van der Waals surface area contributed by atoms with Gasteiger partial charge in [0.1, 0.15) is 0 Å². The van der Waals surface area contributed by atoms with Crippen LogP contribution in [0.4, 0.5) is 0 Å². The summed E-state index contributed by atoms with van der Waals surface area (Å²) < 4.78 is 1.80. The van der Waals surface area contributed by atoms with E-state index >= 15 is 0 Å². The Balaban J connectivity index is 1.65. The fourth-order valence-electron chi connectivity index (χ4n) is 3.10. The Morgan fingerprint density at radius 1 is 1.29 bits per heavy atom. The van der Waals surface area contributed by atoms with Gasteiger partial charge in [0.2, 0.25) is 0 Å². The molecule has 0 bridgehead atoms. The number of hydrogen-bond donors (Lipinski definition) is 1. The number of aliphatic hydroxyl groups excluding tert-OH is 1. The molecule has 24 heavy (non-hydrogen) atoms. The second-order valence-corrected chi connectivity index (χ2v) is 6.31. The normalized spacial score (nSPS) is 18.8. The smallest absolute Gasteiger partial charge is 0.257 e. The van der Waals surface area contributed by atoms with Gasteiger partial charge in [-0.05, 0) is 19.0 Å². The van der Waals surface area contributed by atoms with Crippen molar-refractivity contribution in [3.05, 3.63) is 53.9 Å². The van der Waals surface area contributed by atoms with E-state index in [1.165, 1.54) is 0 Å². The van der Waals surface area contributed by atoms with Crippen LogP contribution in [-0.2, 0) is 6.54 Å². The number of aliphatic hydroxyl groups is 1. The predicted octanol–water partition coefficient (Wildman–Crippen LogP) is 1.07. The summed E-state index contributed by atoms with van der Waals surface area (Å²) >= 11 is 0. The van der Waals surface area contributed by atoms with Gasteiger partial charge in [-0.25, -0.2) is 0 Å². The van der Waals surface area contributed by atoms with E-state index in [1.807, 2.05) is 48.5 Å². The second kappa shape index (κ2) is 7.59. The van der Waals surface area contributed by atoms with Crippen molar-refractivity contribution in [2.75, 3.05) is 33.3 Å². The molecular formula is C18H24N4O2. The summed E-state index contributed by atoms with van der Waals surface area (Å²) in [6, 6.07) is 10.3. The summed E-state index contributed by atoms with van der Waals surface area (Å²) in [6.45, 7) is 2.99. The molecule has 1 N–H and O–H groups in total. The van der Waals surface area contributed by atoms with E-state index in [1.54, 1.807) is 10.9 Å². The quantitative estimate of drug-likeness (QED) is 0.892. The van der Waals surface area contributed by atoms with Crippen molar-refractivity contribution in [3.8, 4) is 0 Å². The number of carbonyl (C=O) groups is 1. The van der Waals surface area contributed by atoms with E-state index in [0.29, 0.717) is 31.6 Å². The average molecular weight is 328 g/mol. The number of likely N-dealkylation sites (N-methyl/N-ethyl adjacent to an activating group) is 1. The molecule has 3 rings (SSSR count). The molecule has 1 aliphatic rings. The lowest BCUT2D eigenvalue weighted by molar-refractivity contribution is 0.0500. The Hall–Kier alpha value is -2.18. The van der Waals surface area contributed by atoms with Crippen LogP contribution in [-0.4, -0.2) is 69.9 Å². The maximum Gasteiger partial charge on any atom is 0.257 e. The molecule has 0 spiro atoms. The van der Waals surface area contributed by atoms with Gasteiger partial charge in [-0.1, -0.05) is 30.3 Å². The maximum atomic E-state index is 12.7. The number of carbonyl (C=O) groups excluding carboxylic acids is 1. The third-order valence-corrected chi connectivity index (χ3v) is 4.59. The van der Waals surface area contributed by atoms with Gasteiger partial charge in [0, 0.05) is 38.5 Å². The highest BCUT2D eigenvalue weighted by Crippen LogP contribution is 2.14. The van der Waals surface area contributed by atoms with Crippen LogP contribution in [0.1, 0.15) is 22.3 Å². The first kappa shape index (κ1) is 16.7. The third-order valence-electron chi connectivity index (χ3n) is 4.59. The van der Waals surface area contributed by atoms with Crippen LogP contribution >= 0.6 is 0 Å². The molecule has 1 amide bonds. The van der Waals surface area contributed by atoms with Crippen molar-refractivity contribution in [3.63, 3.8) is 0 Å². The monoisotopic (exact) mass is 328 g/mol. The number of aromatic nitrogens is 2. The Bertz CT molecular complexity index is 671. The maximum absolute atomic E-state index is 12.7. The molecule has 1 aliphatic heterocycles. The van der Waals surface area contributed by atoms with Crippen molar-refractivity contribution in [1.29, 1.82) is 0 Å². The molecule has 6 heteroatoms. The summed E-state index contributed by atoms with van der Waals surface area (Å²) in [4.78, 5) is 16.8. The van der Waals surface area contributed by atoms with Gasteiger partial charge in [0.25, 0.3) is 5.91 Å². The van der Waals surface area contributed by atoms with Crippen LogP contribution in [0, 0.1) is 0 Å². The van der Waals surface area contributed by atoms with Crippen molar-refractivity contribution in [1.82, 2.24) is 19.6 Å². The molecule has 1 aromatic carbocycles. The van der Waals surface area contributed by atoms with Crippen LogP contribution < -0.4 is 0 Å². The number of benzene rings is 1. The van der Waals surface area contributed by atoms with Gasteiger partial charge >= 0.3 is 0 Å². The Kier molecular flexibility index (Phi) is 5.27. The first-order chi connectivity index (χ1) is 11.7. The van der Waals surface area contributed by atoms with Gasteiger partial charge in [-0.3, -0.25) is 14.4 Å². The number of amides is 1. The third kappa shape index (κ3) is 3.83. The fraction of sp³-hybridized carbons (Fsp3) is 0.444. The van der Waals surface area contributed by atoms with Crippen molar-refractivity contribution in [2.24, 2.45) is 0 Å². The van der Waals surface area contributed by atoms with E-state index in [9.17, 15) is 9.90 Å². The van der Waals surface area contributed by atoms with E-state index in [4.69, 9.17) is 0 Å². The van der Waals surface area contributed by atoms with Gasteiger partial charge < -0.3 is 10.0 Å². The topological polar surface area (TPSA) is 61.6 Å². The standard InChI is InChI=1S/C18H24N4O2/c1-20-8-9-21(14-17(20)7-10-23)18(24)16-11-19-22(13-16)12-15-5-3-2-4-6-15/h2-6,11,13,17,23H,7-10,12,14H2,1H3/t17-/m0/s1. The van der Waals surface area contributed by atoms with E-state index in [0.717, 1.165) is 12.1 Å². The molecule has 0 radical (unpaired) electrons. The zero-order valence-corrected chi connectivity index (χ0v) is 14.0. The lowest BCUT2D eigenvalue weighted by Gasteiger charge is -2.39. The zero-order chi connectivity index (χ0) is 16.9. The summed E-state index contributed by atoms with van der Waals surface area (Å²) in [5.74, 6) is 0.0188. The molecule has 1 atom stereocenters. The van der Waals surface area contributed by atoms with Crippen LogP contribution in [0.3, 0.4) is 0 Å². The van der Waals surface area contributed by atoms with Crippen molar-refractivity contribution in [2.45, 2.75) is 19.0 Å². The lowest BCUT2D eigenvalue weighted by atomic mass is 10.1. The molecule has 0 unspecified atom stereocenters. The highest BCUT2D eigenvalue weighted by molar-refractivity contribution is 5.93. The molecule has 0 saturated carbocycles. The largest absolute Gasteiger partial charge is 0.396 e. The minimum absolute atomic E-state index is 0.0188. The van der Waals surface area contributed by atoms with E-state index < -0.39 is 0 Å². The average Bonchev–Trinajstić information content (AvgIpc) is 3.06. The summed E-state index contributed by atoms with van der Waals surface area (Å²) in [7, 11) is 2.04. The molecule has 0 aliphatic carbocycles. The molecule has 2 aromatic rings. The van der Waals surface area contributed by atoms with Crippen molar-refractivity contribution >= 4 is 5.91 Å². The molecule has 1 aromatic heterocycles. The molecular weight excluding hydrogens is 304 g/mol. The second-order valence-electron chi connectivity index (χ2n) is 6.31. The minimum atomic E-state index is 0.0188. The Morgan fingerprint density at radius 3 is 2.83 bits per heavy atom. The zero-order valence-electron chi connectivity index (χ0n) is 14.0. The predicted molar refractivity (Wildman–Crippen MR) is 91.8 cm³/mol. The summed E-state index contributed by atoms with van der Waals surface area (Å²) in [5, 5.41) is 13.5. The minimum Gasteiger partial charge on any atom is -0.396 e. The Labute approximate surface area is 142 Å². The molecule has 1 saturated heterocycles. The fourth-order valence-corrected chi connectivity index (χ4v) is 3.10. The summed E-state index contributed by atoms with van der Waals surface area (Å²) in [5.41, 5.74) is 1.78. The van der Waals surface area contributed by atoms with E-state index in [2.05, 4.69) is 10.00 Å².